The SMILES string of the molecule is N#C/C(=C/c1ccc(Cl)cc1)c1nc2ccccc2s1. The van der Waals surface area contributed by atoms with Crippen LogP contribution in [0.15, 0.2) is 48.5 Å². The van der Waals surface area contributed by atoms with Crippen molar-refractivity contribution in [2.24, 2.45) is 0 Å². The molecule has 2 aromatic carbocycles. The van der Waals surface area contributed by atoms with E-state index in [1.165, 1.54) is 11.3 Å². The Morgan fingerprint density at radius 3 is 2.60 bits per heavy atom. The van der Waals surface area contributed by atoms with Gasteiger partial charge in [0.2, 0.25) is 0 Å². The minimum atomic E-state index is 0.563. The van der Waals surface area contributed by atoms with Gasteiger partial charge in [0.05, 0.1) is 15.8 Å². The minimum absolute atomic E-state index is 0.563. The second-order valence-corrected chi connectivity index (χ2v) is 5.68. The number of nitrogens with zero attached hydrogens (tertiary/aromatic N) is 2. The van der Waals surface area contributed by atoms with Gasteiger partial charge in [-0.05, 0) is 35.9 Å². The average molecular weight is 297 g/mol. The molecule has 96 valence electrons. The molecule has 3 aromatic rings. The van der Waals surface area contributed by atoms with Crippen LogP contribution in [0.4, 0.5) is 0 Å². The summed E-state index contributed by atoms with van der Waals surface area (Å²) in [6.07, 6.45) is 1.83. The maximum absolute atomic E-state index is 9.34. The number of hydrogen-bond acceptors (Lipinski definition) is 3. The van der Waals surface area contributed by atoms with Gasteiger partial charge >= 0.3 is 0 Å². The fourth-order valence-corrected chi connectivity index (χ4v) is 2.91. The maximum atomic E-state index is 9.34. The zero-order chi connectivity index (χ0) is 13.9. The molecule has 0 aliphatic heterocycles. The molecule has 2 nitrogen and oxygen atoms in total. The van der Waals surface area contributed by atoms with Gasteiger partial charge < -0.3 is 0 Å². The highest BCUT2D eigenvalue weighted by Crippen LogP contribution is 2.28. The molecule has 0 spiro atoms. The molecule has 0 aliphatic carbocycles. The van der Waals surface area contributed by atoms with Gasteiger partial charge in [0.15, 0.2) is 0 Å². The smallest absolute Gasteiger partial charge is 0.135 e. The Labute approximate surface area is 125 Å². The molecule has 20 heavy (non-hydrogen) atoms. The summed E-state index contributed by atoms with van der Waals surface area (Å²) in [7, 11) is 0. The highest BCUT2D eigenvalue weighted by atomic mass is 35.5. The van der Waals surface area contributed by atoms with E-state index in [1.807, 2.05) is 42.5 Å². The van der Waals surface area contributed by atoms with Crippen LogP contribution in [0, 0.1) is 11.3 Å². The van der Waals surface area contributed by atoms with E-state index < -0.39 is 0 Å². The summed E-state index contributed by atoms with van der Waals surface area (Å²) in [5, 5.41) is 10.8. The van der Waals surface area contributed by atoms with Crippen LogP contribution in [-0.2, 0) is 0 Å². The molecule has 0 amide bonds. The summed E-state index contributed by atoms with van der Waals surface area (Å²) < 4.78 is 1.08. The third kappa shape index (κ3) is 2.57. The van der Waals surface area contributed by atoms with Gasteiger partial charge in [-0.1, -0.05) is 35.9 Å². The summed E-state index contributed by atoms with van der Waals surface area (Å²) in [5.41, 5.74) is 2.42. The first-order valence-electron chi connectivity index (χ1n) is 5.99. The highest BCUT2D eigenvalue weighted by Gasteiger charge is 2.08. The van der Waals surface area contributed by atoms with Crippen LogP contribution in [0.5, 0.6) is 0 Å². The van der Waals surface area contributed by atoms with Crippen molar-refractivity contribution in [1.82, 2.24) is 4.98 Å². The summed E-state index contributed by atoms with van der Waals surface area (Å²) in [6, 6.07) is 17.5. The van der Waals surface area contributed by atoms with Crippen LogP contribution in [0.25, 0.3) is 21.9 Å². The molecule has 0 aliphatic rings. The normalized spacial score (nSPS) is 11.5. The number of fused-ring (bicyclic) bond motifs is 1. The van der Waals surface area contributed by atoms with Crippen molar-refractivity contribution in [3.05, 3.63) is 64.1 Å². The van der Waals surface area contributed by atoms with Crippen molar-refractivity contribution >= 4 is 44.8 Å². The van der Waals surface area contributed by atoms with E-state index in [2.05, 4.69) is 11.1 Å². The van der Waals surface area contributed by atoms with E-state index in [9.17, 15) is 5.26 Å². The van der Waals surface area contributed by atoms with Crippen molar-refractivity contribution in [2.45, 2.75) is 0 Å². The van der Waals surface area contributed by atoms with E-state index >= 15 is 0 Å². The molecule has 1 heterocycles. The predicted molar refractivity (Wildman–Crippen MR) is 84.6 cm³/mol. The van der Waals surface area contributed by atoms with Gasteiger partial charge in [-0.2, -0.15) is 5.26 Å². The number of rotatable bonds is 2. The summed E-state index contributed by atoms with van der Waals surface area (Å²) in [6.45, 7) is 0. The molecule has 0 unspecified atom stereocenters. The lowest BCUT2D eigenvalue weighted by Gasteiger charge is -1.95. The van der Waals surface area contributed by atoms with Gasteiger partial charge in [0.1, 0.15) is 11.1 Å². The molecular weight excluding hydrogens is 288 g/mol. The third-order valence-corrected chi connectivity index (χ3v) is 4.15. The van der Waals surface area contributed by atoms with Gasteiger partial charge in [0, 0.05) is 5.02 Å². The van der Waals surface area contributed by atoms with Gasteiger partial charge in [0.25, 0.3) is 0 Å². The van der Waals surface area contributed by atoms with Crippen LogP contribution in [0.2, 0.25) is 5.02 Å². The zero-order valence-electron chi connectivity index (χ0n) is 10.4. The van der Waals surface area contributed by atoms with Crippen LogP contribution in [-0.4, -0.2) is 4.98 Å². The quantitative estimate of drug-likeness (QED) is 0.623. The lowest BCUT2D eigenvalue weighted by Crippen LogP contribution is -1.80. The molecule has 3 rings (SSSR count). The minimum Gasteiger partial charge on any atom is -0.235 e. The predicted octanol–water partition coefficient (Wildman–Crippen LogP) is 5.01. The molecule has 0 bridgehead atoms. The van der Waals surface area contributed by atoms with Gasteiger partial charge in [-0.3, -0.25) is 0 Å². The fraction of sp³-hybridized carbons (Fsp3) is 0. The summed E-state index contributed by atoms with van der Waals surface area (Å²) >= 11 is 7.38. The Hall–Kier alpha value is -2.15. The van der Waals surface area contributed by atoms with Crippen LogP contribution in [0.1, 0.15) is 10.6 Å². The topological polar surface area (TPSA) is 36.7 Å². The molecule has 0 atom stereocenters. The number of benzene rings is 2. The van der Waals surface area contributed by atoms with Crippen molar-refractivity contribution in [3.8, 4) is 6.07 Å². The van der Waals surface area contributed by atoms with Crippen molar-refractivity contribution in [2.75, 3.05) is 0 Å². The number of halogens is 1. The molecule has 0 saturated carbocycles. The maximum Gasteiger partial charge on any atom is 0.135 e. The number of hydrogen-bond donors (Lipinski definition) is 0. The molecule has 1 aromatic heterocycles. The van der Waals surface area contributed by atoms with E-state index in [-0.39, 0.29) is 0 Å². The molecular formula is C16H9ClN2S. The van der Waals surface area contributed by atoms with E-state index in [0.717, 1.165) is 20.8 Å². The van der Waals surface area contributed by atoms with Crippen LogP contribution >= 0.6 is 22.9 Å². The number of allylic oxidation sites excluding steroid dienone is 1. The lowest BCUT2D eigenvalue weighted by atomic mass is 10.1. The largest absolute Gasteiger partial charge is 0.235 e. The summed E-state index contributed by atoms with van der Waals surface area (Å²) in [5.74, 6) is 0. The third-order valence-electron chi connectivity index (χ3n) is 2.83. The van der Waals surface area contributed by atoms with E-state index in [4.69, 9.17) is 11.6 Å². The average Bonchev–Trinajstić information content (AvgIpc) is 2.90. The Morgan fingerprint density at radius 1 is 1.15 bits per heavy atom. The summed E-state index contributed by atoms with van der Waals surface area (Å²) in [4.78, 5) is 4.50. The standard InChI is InChI=1S/C16H9ClN2S/c17-13-7-5-11(6-8-13)9-12(10-18)16-19-14-3-1-2-4-15(14)20-16/h1-9H/b12-9-. The fourth-order valence-electron chi connectivity index (χ4n) is 1.85. The number of nitriles is 1. The zero-order valence-corrected chi connectivity index (χ0v) is 11.9. The Bertz CT molecular complexity index is 793. The molecule has 0 fully saturated rings. The Morgan fingerprint density at radius 2 is 1.90 bits per heavy atom. The van der Waals surface area contributed by atoms with Crippen LogP contribution < -0.4 is 0 Å². The van der Waals surface area contributed by atoms with Crippen molar-refractivity contribution in [1.29, 1.82) is 5.26 Å². The second-order valence-electron chi connectivity index (χ2n) is 4.21. The highest BCUT2D eigenvalue weighted by molar-refractivity contribution is 7.19. The molecule has 0 N–H and O–H groups in total. The van der Waals surface area contributed by atoms with E-state index in [1.54, 1.807) is 12.1 Å². The first-order chi connectivity index (χ1) is 9.76. The van der Waals surface area contributed by atoms with E-state index in [0.29, 0.717) is 10.6 Å². The first-order valence-corrected chi connectivity index (χ1v) is 7.19. The van der Waals surface area contributed by atoms with Crippen LogP contribution in [0.3, 0.4) is 0 Å². The molecule has 0 saturated heterocycles. The number of aromatic nitrogens is 1. The monoisotopic (exact) mass is 296 g/mol. The molecule has 4 heteroatoms. The first kappa shape index (κ1) is 12.9. The van der Waals surface area contributed by atoms with Gasteiger partial charge in [-0.25, -0.2) is 4.98 Å². The lowest BCUT2D eigenvalue weighted by molar-refractivity contribution is 1.44. The van der Waals surface area contributed by atoms with Crippen molar-refractivity contribution < 1.29 is 0 Å². The number of para-hydroxylation sites is 1. The van der Waals surface area contributed by atoms with Gasteiger partial charge in [-0.15, -0.1) is 11.3 Å². The molecule has 0 radical (unpaired) electrons. The Balaban J connectivity index is 2.05. The number of thiazole rings is 1. The Kier molecular flexibility index (Phi) is 3.51. The second kappa shape index (κ2) is 5.46. The van der Waals surface area contributed by atoms with Crippen molar-refractivity contribution in [3.63, 3.8) is 0 Å².